The largest absolute Gasteiger partial charge is 0.781 e. The molecule has 6 heterocycles. The molecule has 3 aliphatic rings. The quantitative estimate of drug-likeness (QED) is 0.0620. The molecule has 0 aliphatic carbocycles. The van der Waals surface area contributed by atoms with Gasteiger partial charge in [0, 0.05) is 0 Å². The Labute approximate surface area is 267 Å². The molecule has 0 spiro atoms. The first kappa shape index (κ1) is 33.0. The number of aliphatic hydroxyl groups is 2. The number of aromatic amines is 1. The number of hydrogen-bond donors (Lipinski definition) is 8. The molecule has 2 unspecified atom stereocenters. The zero-order chi connectivity index (χ0) is 33.1. The molecule has 3 aliphatic heterocycles. The van der Waals surface area contributed by atoms with Crippen LogP contribution in [0.5, 0.6) is 0 Å². The molecule has 1 saturated heterocycles. The molecule has 26 heteroatoms. The van der Waals surface area contributed by atoms with Crippen LogP contribution in [0.1, 0.15) is 6.23 Å². The lowest BCUT2D eigenvalue weighted by Gasteiger charge is -2.45. The third-order valence-corrected chi connectivity index (χ3v) is 10.6. The van der Waals surface area contributed by atoms with E-state index in [1.165, 1.54) is 10.9 Å². The summed E-state index contributed by atoms with van der Waals surface area (Å²) in [5, 5.41) is 26.7. The monoisotopic (exact) mass is 721 g/mol. The van der Waals surface area contributed by atoms with Crippen LogP contribution in [0, 0.1) is 0 Å². The number of phosphoric acid groups is 2. The third-order valence-electron chi connectivity index (χ3n) is 6.95. The Morgan fingerprint density at radius 3 is 2.54 bits per heavy atom. The maximum absolute atomic E-state index is 12.4. The van der Waals surface area contributed by atoms with Crippen molar-refractivity contribution in [1.82, 2.24) is 29.5 Å². The lowest BCUT2D eigenvalue weighted by molar-refractivity contribution is -0.246. The molecule has 250 valence electrons. The van der Waals surface area contributed by atoms with Crippen molar-refractivity contribution in [2.24, 2.45) is 0 Å². The van der Waals surface area contributed by atoms with Crippen LogP contribution < -0.4 is 37.4 Å². The number of hydrogen-bond acceptors (Lipinski definition) is 22. The Kier molecular flexibility index (Phi) is 8.77. The number of ether oxygens (including phenoxy) is 2. The minimum atomic E-state index is -5.65. The van der Waals surface area contributed by atoms with Gasteiger partial charge < -0.3 is 73.3 Å². The number of phosphoric ester groups is 2. The molecule has 22 nitrogen and oxygen atoms in total. The Morgan fingerprint density at radius 1 is 1.09 bits per heavy atom. The summed E-state index contributed by atoms with van der Waals surface area (Å²) in [5.74, 6) is -0.0839. The molecule has 1 fully saturated rings. The fourth-order valence-electron chi connectivity index (χ4n) is 4.82. The van der Waals surface area contributed by atoms with Crippen molar-refractivity contribution in [3.8, 4) is 0 Å². The van der Waals surface area contributed by atoms with E-state index in [1.807, 2.05) is 0 Å². The van der Waals surface area contributed by atoms with E-state index in [1.54, 1.807) is 0 Å². The van der Waals surface area contributed by atoms with E-state index in [2.05, 4.69) is 57.0 Å². The molecular formula is C20H23N10O12P2S2-3. The van der Waals surface area contributed by atoms with Crippen LogP contribution in [0.4, 0.5) is 23.3 Å². The van der Waals surface area contributed by atoms with Crippen LogP contribution in [0.25, 0.3) is 11.2 Å². The minimum absolute atomic E-state index is 0.0102. The molecule has 9 atom stereocenters. The van der Waals surface area contributed by atoms with Gasteiger partial charge in [0.25, 0.3) is 21.2 Å². The summed E-state index contributed by atoms with van der Waals surface area (Å²) in [6.45, 7) is -1.80. The van der Waals surface area contributed by atoms with Crippen LogP contribution >= 0.6 is 28.3 Å². The van der Waals surface area contributed by atoms with Gasteiger partial charge in [0.2, 0.25) is 5.95 Å². The first-order valence-corrected chi connectivity index (χ1v) is 16.7. The average Bonchev–Trinajstić information content (AvgIpc) is 3.53. The molecule has 3 aromatic rings. The standard InChI is InChI=1S/C20H26N10O12P2S2/c21-14-8-16(24-3-23-14)30(4-25-8)19-11(32)10(31)5(41-19)1-38-43(34,35)42-44(36,37)39-2-6-12(45)13(46)7-18(40-6)27-15-9(26-7)17(33)29-20(22)28-15/h3-7,10-11,18-19,26,31-32,45-46H,1-2H2,(H,34,35)(H,36,37)(H2,21,23,24)(H4,22,27,28,29,33)/p-3/t5-,6-,7+,10-,11-,18-,19-/m1/s1. The van der Waals surface area contributed by atoms with Crippen LogP contribution in [-0.4, -0.2) is 89.6 Å². The van der Waals surface area contributed by atoms with E-state index in [0.29, 0.717) is 0 Å². The highest BCUT2D eigenvalue weighted by Gasteiger charge is 2.45. The molecule has 9 N–H and O–H groups in total. The molecular weight excluding hydrogens is 698 g/mol. The van der Waals surface area contributed by atoms with Gasteiger partial charge >= 0.3 is 0 Å². The fourth-order valence-corrected chi connectivity index (χ4v) is 7.42. The van der Waals surface area contributed by atoms with E-state index in [0.717, 1.165) is 6.33 Å². The van der Waals surface area contributed by atoms with Crippen LogP contribution in [0.3, 0.4) is 0 Å². The van der Waals surface area contributed by atoms with Gasteiger partial charge in [0.1, 0.15) is 41.9 Å². The van der Waals surface area contributed by atoms with Crippen LogP contribution in [-0.2, 0) is 44.6 Å². The van der Waals surface area contributed by atoms with Crippen molar-refractivity contribution in [2.45, 2.75) is 42.9 Å². The normalized spacial score (nSPS) is 30.2. The number of nitrogen functional groups attached to an aromatic ring is 2. The summed E-state index contributed by atoms with van der Waals surface area (Å²) < 4.78 is 50.8. The van der Waals surface area contributed by atoms with Gasteiger partial charge in [-0.2, -0.15) is 9.89 Å². The summed E-state index contributed by atoms with van der Waals surface area (Å²) >= 11 is 9.67. The summed E-state index contributed by atoms with van der Waals surface area (Å²) in [6.07, 6.45) is -5.92. The molecule has 0 radical (unpaired) electrons. The van der Waals surface area contributed by atoms with Gasteiger partial charge in [-0.3, -0.25) is 23.5 Å². The number of nitrogens with zero attached hydrogens (tertiary/aromatic N) is 5. The van der Waals surface area contributed by atoms with Gasteiger partial charge in [-0.1, -0.05) is 0 Å². The predicted octanol–water partition coefficient (Wildman–Crippen LogP) is -3.00. The number of H-pyrrole nitrogens is 1. The number of nitrogens with one attached hydrogen (secondary N) is 3. The average molecular weight is 722 g/mol. The minimum Gasteiger partial charge on any atom is -0.781 e. The number of aliphatic hydroxyl groups excluding tert-OH is 2. The first-order chi connectivity index (χ1) is 21.6. The first-order valence-electron chi connectivity index (χ1n) is 12.9. The molecule has 0 bridgehead atoms. The summed E-state index contributed by atoms with van der Waals surface area (Å²) in [6, 6.07) is -0.776. The summed E-state index contributed by atoms with van der Waals surface area (Å²) in [5.41, 5.74) is 11.1. The van der Waals surface area contributed by atoms with E-state index in [9.17, 15) is 33.9 Å². The number of nitrogens with two attached hydrogens (primary N) is 2. The predicted molar refractivity (Wildman–Crippen MR) is 156 cm³/mol. The summed E-state index contributed by atoms with van der Waals surface area (Å²) in [4.78, 5) is 55.4. The van der Waals surface area contributed by atoms with Gasteiger partial charge in [-0.05, 0) is 4.91 Å². The van der Waals surface area contributed by atoms with Gasteiger partial charge in [0.15, 0.2) is 29.7 Å². The molecule has 0 amide bonds. The van der Waals surface area contributed by atoms with Gasteiger partial charge in [-0.25, -0.2) is 19.3 Å². The lowest BCUT2D eigenvalue weighted by Crippen LogP contribution is -2.52. The Balaban J connectivity index is 1.05. The number of aromatic nitrogens is 6. The molecule has 3 aromatic heterocycles. The Hall–Kier alpha value is -2.96. The highest BCUT2D eigenvalue weighted by Crippen LogP contribution is 2.56. The fraction of sp³-hybridized carbons (Fsp3) is 0.450. The van der Waals surface area contributed by atoms with E-state index >= 15 is 0 Å². The van der Waals surface area contributed by atoms with Crippen LogP contribution in [0.15, 0.2) is 27.3 Å². The van der Waals surface area contributed by atoms with E-state index < -0.39 is 77.3 Å². The summed E-state index contributed by atoms with van der Waals surface area (Å²) in [7, 11) is -11.3. The number of anilines is 4. The van der Waals surface area contributed by atoms with Crippen molar-refractivity contribution in [3.05, 3.63) is 32.8 Å². The maximum Gasteiger partial charge on any atom is 0.277 e. The molecule has 46 heavy (non-hydrogen) atoms. The maximum atomic E-state index is 12.4. The van der Waals surface area contributed by atoms with Crippen molar-refractivity contribution < 1.29 is 52.0 Å². The van der Waals surface area contributed by atoms with Crippen molar-refractivity contribution in [3.63, 3.8) is 0 Å². The highest BCUT2D eigenvalue weighted by molar-refractivity contribution is 7.85. The lowest BCUT2D eigenvalue weighted by atomic mass is 10.1. The van der Waals surface area contributed by atoms with E-state index in [-0.39, 0.29) is 44.2 Å². The molecule has 0 aromatic carbocycles. The zero-order valence-corrected chi connectivity index (χ0v) is 26.2. The number of imidazole rings is 1. The van der Waals surface area contributed by atoms with Crippen molar-refractivity contribution in [2.75, 3.05) is 35.3 Å². The number of thiol groups is 1. The number of rotatable bonds is 9. The van der Waals surface area contributed by atoms with E-state index in [4.69, 9.17) is 38.1 Å². The Bertz CT molecular complexity index is 1860. The molecule has 6 rings (SSSR count). The molecule has 0 saturated carbocycles. The second-order valence-electron chi connectivity index (χ2n) is 9.93. The van der Waals surface area contributed by atoms with Crippen LogP contribution in [0.2, 0.25) is 0 Å². The van der Waals surface area contributed by atoms with Crippen molar-refractivity contribution in [1.29, 1.82) is 0 Å². The second kappa shape index (κ2) is 12.2. The SMILES string of the molecule is Nc1nc2c(c(=O)[nH]1)N[C@H]1C(S)=C([S-])[C@@H](COP(=O)([O-])OP(=O)([O-])OC[C@H]3O[C@@H](n4cnc5c(N)ncnc54)[C@H](O)[C@@H]3O)O[C@H]1N2. The Morgan fingerprint density at radius 2 is 1.80 bits per heavy atom. The van der Waals surface area contributed by atoms with Gasteiger partial charge in [0.05, 0.1) is 25.6 Å². The zero-order valence-electron chi connectivity index (χ0n) is 22.7. The second-order valence-corrected chi connectivity index (χ2v) is 13.8. The number of fused-ring (bicyclic) bond motifs is 3. The highest BCUT2D eigenvalue weighted by atomic mass is 32.1. The van der Waals surface area contributed by atoms with Crippen molar-refractivity contribution >= 4 is 75.3 Å². The van der Waals surface area contributed by atoms with Gasteiger partial charge in [-0.15, -0.1) is 12.6 Å². The third kappa shape index (κ3) is 6.32. The topological polar surface area (TPSA) is 332 Å². The smallest absolute Gasteiger partial charge is 0.277 e.